The molecule has 1 heterocycles. The molecule has 2 aliphatic carbocycles. The van der Waals surface area contributed by atoms with Crippen molar-refractivity contribution >= 4 is 0 Å². The Morgan fingerprint density at radius 3 is 2.76 bits per heavy atom. The van der Waals surface area contributed by atoms with Crippen molar-refractivity contribution in [1.82, 2.24) is 14.9 Å². The van der Waals surface area contributed by atoms with Crippen LogP contribution in [0.25, 0.3) is 0 Å². The van der Waals surface area contributed by atoms with Crippen molar-refractivity contribution < 1.29 is 0 Å². The molecular weight excluding hydrogens is 258 g/mol. The first-order valence-electron chi connectivity index (χ1n) is 8.93. The van der Waals surface area contributed by atoms with Crippen molar-refractivity contribution in [3.05, 3.63) is 18.2 Å². The van der Waals surface area contributed by atoms with Gasteiger partial charge in [-0.05, 0) is 63.3 Å². The second-order valence-electron chi connectivity index (χ2n) is 7.44. The number of imidazole rings is 1. The monoisotopic (exact) mass is 289 g/mol. The molecule has 3 nitrogen and oxygen atoms in total. The SMILES string of the molecule is CCn1ccnc1C1CC(C(C)C)CCC1CNC1CC1. The van der Waals surface area contributed by atoms with Gasteiger partial charge in [0.25, 0.3) is 0 Å². The lowest BCUT2D eigenvalue weighted by Crippen LogP contribution is -2.35. The highest BCUT2D eigenvalue weighted by atomic mass is 15.1. The predicted octanol–water partition coefficient (Wildman–Crippen LogP) is 3.81. The minimum absolute atomic E-state index is 0.646. The van der Waals surface area contributed by atoms with E-state index in [1.54, 1.807) is 0 Å². The minimum Gasteiger partial charge on any atom is -0.335 e. The lowest BCUT2D eigenvalue weighted by Gasteiger charge is -2.38. The van der Waals surface area contributed by atoms with Crippen LogP contribution in [0.2, 0.25) is 0 Å². The van der Waals surface area contributed by atoms with E-state index in [-0.39, 0.29) is 0 Å². The second-order valence-corrected chi connectivity index (χ2v) is 7.44. The maximum Gasteiger partial charge on any atom is 0.112 e. The zero-order valence-corrected chi connectivity index (χ0v) is 13.9. The van der Waals surface area contributed by atoms with Crippen molar-refractivity contribution in [2.45, 2.75) is 71.4 Å². The first-order valence-corrected chi connectivity index (χ1v) is 8.93. The quantitative estimate of drug-likeness (QED) is 0.863. The first-order chi connectivity index (χ1) is 10.2. The van der Waals surface area contributed by atoms with Gasteiger partial charge in [-0.15, -0.1) is 0 Å². The van der Waals surface area contributed by atoms with E-state index in [4.69, 9.17) is 4.98 Å². The van der Waals surface area contributed by atoms with Gasteiger partial charge in [-0.1, -0.05) is 13.8 Å². The van der Waals surface area contributed by atoms with Crippen molar-refractivity contribution in [3.8, 4) is 0 Å². The standard InChI is InChI=1S/C18H31N3/c1-4-21-10-9-19-18(21)17-11-14(13(2)3)5-6-15(17)12-20-16-7-8-16/h9-10,13-17,20H,4-8,11-12H2,1-3H3. The molecule has 3 rings (SSSR count). The molecule has 1 aromatic rings. The van der Waals surface area contributed by atoms with Crippen LogP contribution in [0.3, 0.4) is 0 Å². The molecule has 0 bridgehead atoms. The van der Waals surface area contributed by atoms with Crippen LogP contribution in [-0.2, 0) is 6.54 Å². The first kappa shape index (κ1) is 15.1. The third-order valence-corrected chi connectivity index (χ3v) is 5.64. The van der Waals surface area contributed by atoms with Crippen LogP contribution >= 0.6 is 0 Å². The lowest BCUT2D eigenvalue weighted by molar-refractivity contribution is 0.182. The van der Waals surface area contributed by atoms with Gasteiger partial charge in [0.15, 0.2) is 0 Å². The molecule has 3 heteroatoms. The second kappa shape index (κ2) is 6.51. The Labute approximate surface area is 129 Å². The largest absolute Gasteiger partial charge is 0.335 e. The highest BCUT2D eigenvalue weighted by Gasteiger charge is 2.35. The maximum absolute atomic E-state index is 4.73. The van der Waals surface area contributed by atoms with Gasteiger partial charge in [0.05, 0.1) is 0 Å². The van der Waals surface area contributed by atoms with E-state index < -0.39 is 0 Å². The Hall–Kier alpha value is -0.830. The Morgan fingerprint density at radius 1 is 1.29 bits per heavy atom. The topological polar surface area (TPSA) is 29.9 Å². The third-order valence-electron chi connectivity index (χ3n) is 5.64. The van der Waals surface area contributed by atoms with Crippen LogP contribution in [-0.4, -0.2) is 22.1 Å². The Bertz CT molecular complexity index is 447. The van der Waals surface area contributed by atoms with Crippen LogP contribution < -0.4 is 5.32 Å². The summed E-state index contributed by atoms with van der Waals surface area (Å²) >= 11 is 0. The molecule has 118 valence electrons. The summed E-state index contributed by atoms with van der Waals surface area (Å²) in [6.07, 6.45) is 11.0. The fraction of sp³-hybridized carbons (Fsp3) is 0.833. The number of rotatable bonds is 6. The Morgan fingerprint density at radius 2 is 2.10 bits per heavy atom. The van der Waals surface area contributed by atoms with Crippen LogP contribution in [0, 0.1) is 17.8 Å². The van der Waals surface area contributed by atoms with Crippen LogP contribution in [0.15, 0.2) is 12.4 Å². The zero-order valence-electron chi connectivity index (χ0n) is 13.9. The number of aromatic nitrogens is 2. The van der Waals surface area contributed by atoms with Gasteiger partial charge < -0.3 is 9.88 Å². The van der Waals surface area contributed by atoms with E-state index in [1.165, 1.54) is 44.5 Å². The molecule has 0 aliphatic heterocycles. The van der Waals surface area contributed by atoms with Crippen LogP contribution in [0.5, 0.6) is 0 Å². The molecule has 0 radical (unpaired) electrons. The van der Waals surface area contributed by atoms with Crippen molar-refractivity contribution in [1.29, 1.82) is 0 Å². The molecule has 1 aromatic heterocycles. The van der Waals surface area contributed by atoms with E-state index in [1.807, 2.05) is 6.20 Å². The van der Waals surface area contributed by atoms with E-state index in [9.17, 15) is 0 Å². The minimum atomic E-state index is 0.646. The van der Waals surface area contributed by atoms with Crippen molar-refractivity contribution in [3.63, 3.8) is 0 Å². The van der Waals surface area contributed by atoms with Crippen molar-refractivity contribution in [2.75, 3.05) is 6.54 Å². The molecule has 1 N–H and O–H groups in total. The summed E-state index contributed by atoms with van der Waals surface area (Å²) in [4.78, 5) is 4.73. The van der Waals surface area contributed by atoms with Gasteiger partial charge in [0, 0.05) is 30.9 Å². The van der Waals surface area contributed by atoms with E-state index in [0.717, 1.165) is 30.3 Å². The van der Waals surface area contributed by atoms with E-state index in [0.29, 0.717) is 5.92 Å². The average molecular weight is 289 g/mol. The fourth-order valence-corrected chi connectivity index (χ4v) is 3.95. The molecule has 2 saturated carbocycles. The smallest absolute Gasteiger partial charge is 0.112 e. The zero-order chi connectivity index (χ0) is 14.8. The molecule has 0 saturated heterocycles. The summed E-state index contributed by atoms with van der Waals surface area (Å²) in [5.74, 6) is 4.43. The molecule has 3 unspecified atom stereocenters. The Balaban J connectivity index is 1.74. The number of aryl methyl sites for hydroxylation is 1. The predicted molar refractivity (Wildman–Crippen MR) is 87.3 cm³/mol. The van der Waals surface area contributed by atoms with Crippen LogP contribution in [0.1, 0.15) is 64.6 Å². The fourth-order valence-electron chi connectivity index (χ4n) is 3.95. The van der Waals surface area contributed by atoms with Gasteiger partial charge in [0.1, 0.15) is 5.82 Å². The Kier molecular flexibility index (Phi) is 4.68. The van der Waals surface area contributed by atoms with E-state index in [2.05, 4.69) is 36.9 Å². The molecule has 2 fully saturated rings. The molecule has 21 heavy (non-hydrogen) atoms. The number of hydrogen-bond acceptors (Lipinski definition) is 2. The summed E-state index contributed by atoms with van der Waals surface area (Å²) in [5, 5.41) is 3.76. The summed E-state index contributed by atoms with van der Waals surface area (Å²) in [6, 6.07) is 0.819. The van der Waals surface area contributed by atoms with Gasteiger partial charge >= 0.3 is 0 Å². The third kappa shape index (κ3) is 3.50. The number of hydrogen-bond donors (Lipinski definition) is 1. The van der Waals surface area contributed by atoms with Gasteiger partial charge in [-0.2, -0.15) is 0 Å². The highest BCUT2D eigenvalue weighted by molar-refractivity contribution is 5.06. The number of nitrogens with one attached hydrogen (secondary N) is 1. The van der Waals surface area contributed by atoms with Crippen molar-refractivity contribution in [2.24, 2.45) is 17.8 Å². The maximum atomic E-state index is 4.73. The molecular formula is C18H31N3. The molecule has 2 aliphatic rings. The molecule has 0 aromatic carbocycles. The summed E-state index contributed by atoms with van der Waals surface area (Å²) < 4.78 is 2.36. The highest BCUT2D eigenvalue weighted by Crippen LogP contribution is 2.42. The van der Waals surface area contributed by atoms with Gasteiger partial charge in [-0.3, -0.25) is 0 Å². The van der Waals surface area contributed by atoms with Gasteiger partial charge in [-0.25, -0.2) is 4.98 Å². The molecule has 0 amide bonds. The summed E-state index contributed by atoms with van der Waals surface area (Å²) in [5.41, 5.74) is 0. The normalized spacial score (nSPS) is 30.0. The molecule has 0 spiro atoms. The van der Waals surface area contributed by atoms with E-state index >= 15 is 0 Å². The summed E-state index contributed by atoms with van der Waals surface area (Å²) in [6.45, 7) is 9.23. The lowest BCUT2D eigenvalue weighted by atomic mass is 9.70. The number of nitrogens with zero attached hydrogens (tertiary/aromatic N) is 2. The van der Waals surface area contributed by atoms with Crippen LogP contribution in [0.4, 0.5) is 0 Å². The van der Waals surface area contributed by atoms with Gasteiger partial charge in [0.2, 0.25) is 0 Å². The average Bonchev–Trinajstić information content (AvgIpc) is 3.20. The molecule has 3 atom stereocenters. The summed E-state index contributed by atoms with van der Waals surface area (Å²) in [7, 11) is 0.